The molecule has 0 spiro atoms. The van der Waals surface area contributed by atoms with Crippen LogP contribution in [0, 0.1) is 0 Å². The molecule has 1 N–H and O–H groups in total. The molecule has 1 fully saturated rings. The van der Waals surface area contributed by atoms with E-state index < -0.39 is 17.8 Å². The van der Waals surface area contributed by atoms with Gasteiger partial charge in [-0.2, -0.15) is 0 Å². The van der Waals surface area contributed by atoms with E-state index in [-0.39, 0.29) is 41.3 Å². The molecule has 0 radical (unpaired) electrons. The van der Waals surface area contributed by atoms with Crippen LogP contribution < -0.4 is 14.4 Å². The summed E-state index contributed by atoms with van der Waals surface area (Å²) in [6, 6.07) is 14.5. The van der Waals surface area contributed by atoms with Gasteiger partial charge in [-0.15, -0.1) is 0 Å². The number of fused-ring (bicyclic) bond motifs is 2. The van der Waals surface area contributed by atoms with Gasteiger partial charge in [-0.1, -0.05) is 12.1 Å². The van der Waals surface area contributed by atoms with Gasteiger partial charge in [0.05, 0.1) is 42.5 Å². The summed E-state index contributed by atoms with van der Waals surface area (Å²) in [5.41, 5.74) is 2.83. The predicted molar refractivity (Wildman–Crippen MR) is 145 cm³/mol. The van der Waals surface area contributed by atoms with E-state index in [1.165, 1.54) is 18.2 Å². The number of amides is 3. The molecule has 40 heavy (non-hydrogen) atoms. The fourth-order valence-corrected chi connectivity index (χ4v) is 5.88. The third-order valence-corrected chi connectivity index (χ3v) is 7.98. The Morgan fingerprint density at radius 3 is 2.35 bits per heavy atom. The Morgan fingerprint density at radius 1 is 0.875 bits per heavy atom. The molecular weight excluding hydrogens is 512 g/mol. The maximum atomic E-state index is 13.7. The summed E-state index contributed by atoms with van der Waals surface area (Å²) in [6.07, 6.45) is 4.39. The minimum atomic E-state index is -1.17. The van der Waals surface area contributed by atoms with Crippen molar-refractivity contribution in [3.8, 4) is 11.5 Å². The van der Waals surface area contributed by atoms with E-state index in [0.29, 0.717) is 28.3 Å². The van der Waals surface area contributed by atoms with Crippen molar-refractivity contribution in [2.75, 3.05) is 12.0 Å². The molecule has 2 aliphatic heterocycles. The molecule has 3 aromatic carbocycles. The molecule has 1 atom stereocenters. The van der Waals surface area contributed by atoms with E-state index in [2.05, 4.69) is 0 Å². The van der Waals surface area contributed by atoms with Crippen LogP contribution in [0.25, 0.3) is 0 Å². The summed E-state index contributed by atoms with van der Waals surface area (Å²) in [7, 11) is 1.59. The normalized spacial score (nSPS) is 18.4. The second-order valence-electron chi connectivity index (χ2n) is 10.4. The van der Waals surface area contributed by atoms with Gasteiger partial charge in [0.25, 0.3) is 17.7 Å². The Hall–Kier alpha value is -4.66. The SMILES string of the molecule is COc1ccc(N2C(=O)c3cc(CN4C(=O)c5ccc(C(=O)O)cc5C4=O)ccc3C2C)cc1OC1CCCC1. The number of carbonyl (C=O) groups excluding carboxylic acids is 3. The van der Waals surface area contributed by atoms with Crippen LogP contribution in [0.5, 0.6) is 11.5 Å². The number of anilines is 1. The molecule has 3 aromatic rings. The Bertz CT molecular complexity index is 1570. The molecule has 1 aliphatic carbocycles. The van der Waals surface area contributed by atoms with Crippen LogP contribution in [-0.4, -0.2) is 46.9 Å². The van der Waals surface area contributed by atoms with Crippen LogP contribution in [0.1, 0.15) is 91.2 Å². The molecule has 204 valence electrons. The Labute approximate surface area is 230 Å². The third kappa shape index (κ3) is 4.18. The maximum Gasteiger partial charge on any atom is 0.335 e. The van der Waals surface area contributed by atoms with Crippen molar-refractivity contribution in [2.24, 2.45) is 0 Å². The standard InChI is InChI=1S/C31H28N2O7/c1-17-22-10-7-18(16-32-28(34)23-11-8-19(31(37)38)14-25(23)29(32)35)13-24(22)30(36)33(17)20-9-12-26(39-2)27(15-20)40-21-5-3-4-6-21/h7-15,17,21H,3-6,16H2,1-2H3,(H,37,38). The van der Waals surface area contributed by atoms with E-state index in [1.807, 2.05) is 31.2 Å². The number of methoxy groups -OCH3 is 1. The zero-order chi connectivity index (χ0) is 28.1. The first kappa shape index (κ1) is 25.6. The van der Waals surface area contributed by atoms with E-state index in [4.69, 9.17) is 9.47 Å². The average molecular weight is 541 g/mol. The molecular formula is C31H28N2O7. The van der Waals surface area contributed by atoms with Crippen LogP contribution >= 0.6 is 0 Å². The van der Waals surface area contributed by atoms with Crippen molar-refractivity contribution in [3.05, 3.63) is 88.0 Å². The molecule has 1 unspecified atom stereocenters. The molecule has 3 amide bonds. The highest BCUT2D eigenvalue weighted by Gasteiger charge is 2.38. The number of rotatable bonds is 7. The van der Waals surface area contributed by atoms with Gasteiger partial charge in [-0.25, -0.2) is 4.79 Å². The van der Waals surface area contributed by atoms with Crippen LogP contribution in [-0.2, 0) is 6.54 Å². The number of carboxylic acids is 1. The minimum absolute atomic E-state index is 0.0361. The highest BCUT2D eigenvalue weighted by molar-refractivity contribution is 6.22. The molecule has 0 bridgehead atoms. The van der Waals surface area contributed by atoms with Gasteiger partial charge >= 0.3 is 5.97 Å². The largest absolute Gasteiger partial charge is 0.493 e. The number of hydrogen-bond donors (Lipinski definition) is 1. The third-order valence-electron chi connectivity index (χ3n) is 7.98. The molecule has 9 nitrogen and oxygen atoms in total. The van der Waals surface area contributed by atoms with Crippen molar-refractivity contribution in [2.45, 2.75) is 51.3 Å². The summed E-state index contributed by atoms with van der Waals surface area (Å²) in [5.74, 6) is -1.18. The lowest BCUT2D eigenvalue weighted by Gasteiger charge is -2.24. The second-order valence-corrected chi connectivity index (χ2v) is 10.4. The van der Waals surface area contributed by atoms with Gasteiger partial charge in [-0.05, 0) is 80.1 Å². The average Bonchev–Trinajstić information content (AvgIpc) is 3.62. The Balaban J connectivity index is 1.25. The summed E-state index contributed by atoms with van der Waals surface area (Å²) in [6.45, 7) is 1.92. The lowest BCUT2D eigenvalue weighted by Crippen LogP contribution is -2.29. The van der Waals surface area contributed by atoms with E-state index >= 15 is 0 Å². The zero-order valence-corrected chi connectivity index (χ0v) is 22.2. The van der Waals surface area contributed by atoms with Crippen molar-refractivity contribution >= 4 is 29.4 Å². The predicted octanol–water partition coefficient (Wildman–Crippen LogP) is 5.23. The number of carboxylic acid groups (broad SMARTS) is 1. The molecule has 3 aliphatic rings. The first-order chi connectivity index (χ1) is 19.3. The molecule has 0 aromatic heterocycles. The Morgan fingerprint density at radius 2 is 1.62 bits per heavy atom. The second kappa shape index (κ2) is 9.82. The van der Waals surface area contributed by atoms with Crippen LogP contribution in [0.4, 0.5) is 5.69 Å². The maximum absolute atomic E-state index is 13.7. The minimum Gasteiger partial charge on any atom is -0.493 e. The first-order valence-corrected chi connectivity index (χ1v) is 13.3. The number of benzene rings is 3. The van der Waals surface area contributed by atoms with Crippen molar-refractivity contribution in [1.82, 2.24) is 4.90 Å². The van der Waals surface area contributed by atoms with E-state index in [0.717, 1.165) is 36.1 Å². The topological polar surface area (TPSA) is 113 Å². The first-order valence-electron chi connectivity index (χ1n) is 13.3. The lowest BCUT2D eigenvalue weighted by atomic mass is 10.0. The van der Waals surface area contributed by atoms with Gasteiger partial charge in [0.1, 0.15) is 0 Å². The summed E-state index contributed by atoms with van der Waals surface area (Å²) in [4.78, 5) is 53.7. The highest BCUT2D eigenvalue weighted by atomic mass is 16.5. The Kier molecular flexibility index (Phi) is 6.29. The van der Waals surface area contributed by atoms with E-state index in [1.54, 1.807) is 24.1 Å². The smallest absolute Gasteiger partial charge is 0.335 e. The van der Waals surface area contributed by atoms with Crippen molar-refractivity contribution in [3.63, 3.8) is 0 Å². The monoisotopic (exact) mass is 540 g/mol. The van der Waals surface area contributed by atoms with Crippen LogP contribution in [0.15, 0.2) is 54.6 Å². The van der Waals surface area contributed by atoms with Gasteiger partial charge in [0.2, 0.25) is 0 Å². The number of imide groups is 1. The summed E-state index contributed by atoms with van der Waals surface area (Å²) < 4.78 is 11.8. The number of ether oxygens (including phenoxy) is 2. The fraction of sp³-hybridized carbons (Fsp3) is 0.290. The lowest BCUT2D eigenvalue weighted by molar-refractivity contribution is 0.0640. The molecule has 0 saturated heterocycles. The molecule has 2 heterocycles. The van der Waals surface area contributed by atoms with Gasteiger partial charge in [0.15, 0.2) is 11.5 Å². The van der Waals surface area contributed by atoms with E-state index in [9.17, 15) is 24.3 Å². The number of nitrogens with zero attached hydrogens (tertiary/aromatic N) is 2. The van der Waals surface area contributed by atoms with Crippen molar-refractivity contribution in [1.29, 1.82) is 0 Å². The summed E-state index contributed by atoms with van der Waals surface area (Å²) in [5, 5.41) is 9.25. The van der Waals surface area contributed by atoms with Gasteiger partial charge in [0, 0.05) is 17.3 Å². The molecule has 9 heteroatoms. The van der Waals surface area contributed by atoms with Crippen LogP contribution in [0.3, 0.4) is 0 Å². The number of aromatic carboxylic acids is 1. The quantitative estimate of drug-likeness (QED) is 0.408. The highest BCUT2D eigenvalue weighted by Crippen LogP contribution is 2.42. The molecule has 6 rings (SSSR count). The van der Waals surface area contributed by atoms with Gasteiger partial charge in [-0.3, -0.25) is 19.3 Å². The number of carbonyl (C=O) groups is 4. The zero-order valence-electron chi connectivity index (χ0n) is 22.2. The molecule has 1 saturated carbocycles. The summed E-state index contributed by atoms with van der Waals surface area (Å²) >= 11 is 0. The fourth-order valence-electron chi connectivity index (χ4n) is 5.88. The van der Waals surface area contributed by atoms with Gasteiger partial charge < -0.3 is 19.5 Å². The van der Waals surface area contributed by atoms with Crippen LogP contribution in [0.2, 0.25) is 0 Å². The van der Waals surface area contributed by atoms with Crippen molar-refractivity contribution < 1.29 is 33.8 Å². The number of hydrogen-bond acceptors (Lipinski definition) is 6.